The van der Waals surface area contributed by atoms with E-state index in [1.54, 1.807) is 27.1 Å². The van der Waals surface area contributed by atoms with Crippen LogP contribution >= 0.6 is 0 Å². The van der Waals surface area contributed by atoms with Crippen molar-refractivity contribution in [1.82, 2.24) is 24.6 Å². The fourth-order valence-electron chi connectivity index (χ4n) is 2.16. The van der Waals surface area contributed by atoms with Gasteiger partial charge in [-0.2, -0.15) is 0 Å². The van der Waals surface area contributed by atoms with Crippen LogP contribution in [0, 0.1) is 13.8 Å². The average molecular weight is 313 g/mol. The Labute approximate surface area is 123 Å². The summed E-state index contributed by atoms with van der Waals surface area (Å²) in [5, 5.41) is 11.5. The molecule has 0 aliphatic rings. The third-order valence-corrected chi connectivity index (χ3v) is 4.90. The normalized spacial score (nSPS) is 13.8. The average Bonchev–Trinajstić information content (AvgIpc) is 2.95. The minimum absolute atomic E-state index is 0.0740. The Kier molecular flexibility index (Phi) is 4.15. The van der Waals surface area contributed by atoms with Crippen molar-refractivity contribution in [2.75, 3.05) is 0 Å². The first-order valence-electron chi connectivity index (χ1n) is 6.58. The van der Waals surface area contributed by atoms with E-state index in [4.69, 9.17) is 4.52 Å². The van der Waals surface area contributed by atoms with Crippen molar-refractivity contribution in [1.29, 1.82) is 0 Å². The van der Waals surface area contributed by atoms with Gasteiger partial charge in [-0.1, -0.05) is 5.16 Å². The van der Waals surface area contributed by atoms with Crippen molar-refractivity contribution < 1.29 is 12.9 Å². The molecular weight excluding hydrogens is 294 g/mol. The number of nitrogens with zero attached hydrogens (tertiary/aromatic N) is 4. The second-order valence-corrected chi connectivity index (χ2v) is 6.84. The summed E-state index contributed by atoms with van der Waals surface area (Å²) in [7, 11) is -3.73. The van der Waals surface area contributed by atoms with E-state index in [0.29, 0.717) is 11.5 Å². The first kappa shape index (κ1) is 15.6. The van der Waals surface area contributed by atoms with Crippen molar-refractivity contribution in [2.45, 2.75) is 51.6 Å². The zero-order chi connectivity index (χ0) is 15.8. The lowest BCUT2D eigenvalue weighted by atomic mass is 10.3. The summed E-state index contributed by atoms with van der Waals surface area (Å²) < 4.78 is 34.2. The molecule has 0 saturated carbocycles. The maximum absolute atomic E-state index is 12.5. The molecule has 2 aromatic heterocycles. The molecule has 0 amide bonds. The van der Waals surface area contributed by atoms with Crippen LogP contribution in [0.25, 0.3) is 0 Å². The van der Waals surface area contributed by atoms with Gasteiger partial charge in [0.05, 0.1) is 6.04 Å². The third kappa shape index (κ3) is 2.98. The van der Waals surface area contributed by atoms with Crippen LogP contribution in [0.1, 0.15) is 50.1 Å². The van der Waals surface area contributed by atoms with Crippen molar-refractivity contribution in [3.8, 4) is 0 Å². The zero-order valence-electron chi connectivity index (χ0n) is 12.7. The summed E-state index contributed by atoms with van der Waals surface area (Å²) >= 11 is 0. The fraction of sp³-hybridized carbons (Fsp3) is 0.583. The lowest BCUT2D eigenvalue weighted by molar-refractivity contribution is 0.390. The van der Waals surface area contributed by atoms with Crippen molar-refractivity contribution in [2.24, 2.45) is 0 Å². The van der Waals surface area contributed by atoms with E-state index < -0.39 is 16.1 Å². The Hall–Kier alpha value is -1.74. The molecule has 1 N–H and O–H groups in total. The van der Waals surface area contributed by atoms with E-state index in [1.807, 2.05) is 18.4 Å². The van der Waals surface area contributed by atoms with Crippen LogP contribution in [0.3, 0.4) is 0 Å². The first-order valence-corrected chi connectivity index (χ1v) is 8.07. The topological polar surface area (TPSA) is 103 Å². The van der Waals surface area contributed by atoms with Crippen LogP contribution in [-0.2, 0) is 10.0 Å². The fourth-order valence-corrected chi connectivity index (χ4v) is 3.69. The van der Waals surface area contributed by atoms with Gasteiger partial charge in [-0.25, -0.2) is 13.1 Å². The monoisotopic (exact) mass is 313 g/mol. The van der Waals surface area contributed by atoms with Gasteiger partial charge in [0.15, 0.2) is 11.6 Å². The number of hydrogen-bond donors (Lipinski definition) is 1. The molecule has 0 bridgehead atoms. The number of nitrogens with one attached hydrogen (secondary N) is 1. The van der Waals surface area contributed by atoms with Crippen molar-refractivity contribution in [3.63, 3.8) is 0 Å². The van der Waals surface area contributed by atoms with Crippen LogP contribution in [0.5, 0.6) is 0 Å². The molecule has 0 radical (unpaired) electrons. The highest BCUT2D eigenvalue weighted by Crippen LogP contribution is 2.22. The van der Waals surface area contributed by atoms with Crippen molar-refractivity contribution >= 4 is 10.0 Å². The summed E-state index contributed by atoms with van der Waals surface area (Å²) in [5.41, 5.74) is 0.331. The zero-order valence-corrected chi connectivity index (χ0v) is 13.5. The van der Waals surface area contributed by atoms with E-state index >= 15 is 0 Å². The smallest absolute Gasteiger partial charge is 0.246 e. The molecule has 0 saturated heterocycles. The third-order valence-electron chi connectivity index (χ3n) is 3.11. The van der Waals surface area contributed by atoms with Gasteiger partial charge in [0, 0.05) is 6.04 Å². The van der Waals surface area contributed by atoms with E-state index in [2.05, 4.69) is 20.1 Å². The summed E-state index contributed by atoms with van der Waals surface area (Å²) in [5.74, 6) is 0.817. The van der Waals surface area contributed by atoms with Crippen LogP contribution in [-0.4, -0.2) is 28.3 Å². The molecule has 0 fully saturated rings. The molecule has 0 unspecified atom stereocenters. The minimum atomic E-state index is -3.73. The molecule has 0 aliphatic carbocycles. The van der Waals surface area contributed by atoms with Gasteiger partial charge in [-0.3, -0.25) is 0 Å². The van der Waals surface area contributed by atoms with Crippen LogP contribution in [0.4, 0.5) is 0 Å². The number of aryl methyl sites for hydroxylation is 2. The molecule has 116 valence electrons. The number of hydrogen-bond acceptors (Lipinski definition) is 6. The first-order chi connectivity index (χ1) is 9.74. The quantitative estimate of drug-likeness (QED) is 0.897. The van der Waals surface area contributed by atoms with Crippen LogP contribution in [0.2, 0.25) is 0 Å². The van der Waals surface area contributed by atoms with Gasteiger partial charge in [0.2, 0.25) is 10.0 Å². The van der Waals surface area contributed by atoms with E-state index in [-0.39, 0.29) is 16.7 Å². The molecule has 8 nitrogen and oxygen atoms in total. The van der Waals surface area contributed by atoms with Gasteiger partial charge >= 0.3 is 0 Å². The SMILES string of the molecule is Cc1noc(C)c1S(=O)(=O)N[C@@H](C)c1nncn1C(C)C. The van der Waals surface area contributed by atoms with Gasteiger partial charge in [-0.15, -0.1) is 10.2 Å². The van der Waals surface area contributed by atoms with Gasteiger partial charge in [-0.05, 0) is 34.6 Å². The number of rotatable bonds is 5. The van der Waals surface area contributed by atoms with Crippen molar-refractivity contribution in [3.05, 3.63) is 23.6 Å². The molecule has 2 rings (SSSR count). The highest BCUT2D eigenvalue weighted by Gasteiger charge is 2.28. The largest absolute Gasteiger partial charge is 0.360 e. The molecule has 0 aromatic carbocycles. The molecule has 2 aromatic rings. The Morgan fingerprint density at radius 2 is 1.95 bits per heavy atom. The second kappa shape index (κ2) is 5.57. The molecule has 2 heterocycles. The Morgan fingerprint density at radius 1 is 1.29 bits per heavy atom. The summed E-state index contributed by atoms with van der Waals surface area (Å²) in [4.78, 5) is 0.0740. The molecule has 0 aliphatic heterocycles. The predicted octanol–water partition coefficient (Wildman–Crippen LogP) is 1.50. The molecule has 1 atom stereocenters. The second-order valence-electron chi connectivity index (χ2n) is 5.19. The lowest BCUT2D eigenvalue weighted by Gasteiger charge is -2.16. The summed E-state index contributed by atoms with van der Waals surface area (Å²) in [6.45, 7) is 8.82. The summed E-state index contributed by atoms with van der Waals surface area (Å²) in [6, 6.07) is -0.380. The Bertz CT molecular complexity index is 712. The molecular formula is C12H19N5O3S. The standard InChI is InChI=1S/C12H19N5O3S/c1-7(2)17-6-13-14-12(17)9(4)16-21(18,19)11-8(3)15-20-10(11)5/h6-7,9,16H,1-5H3/t9-/m0/s1. The highest BCUT2D eigenvalue weighted by molar-refractivity contribution is 7.89. The molecule has 21 heavy (non-hydrogen) atoms. The van der Waals surface area contributed by atoms with Crippen LogP contribution in [0.15, 0.2) is 15.7 Å². The van der Waals surface area contributed by atoms with E-state index in [0.717, 1.165) is 0 Å². The Morgan fingerprint density at radius 3 is 2.48 bits per heavy atom. The van der Waals surface area contributed by atoms with E-state index in [9.17, 15) is 8.42 Å². The highest BCUT2D eigenvalue weighted by atomic mass is 32.2. The number of sulfonamides is 1. The predicted molar refractivity (Wildman–Crippen MR) is 75.1 cm³/mol. The minimum Gasteiger partial charge on any atom is -0.360 e. The molecule has 9 heteroatoms. The van der Waals surface area contributed by atoms with E-state index in [1.165, 1.54) is 0 Å². The van der Waals surface area contributed by atoms with Gasteiger partial charge < -0.3 is 9.09 Å². The van der Waals surface area contributed by atoms with Gasteiger partial charge in [0.1, 0.15) is 16.9 Å². The maximum atomic E-state index is 12.5. The van der Waals surface area contributed by atoms with Gasteiger partial charge in [0.25, 0.3) is 0 Å². The maximum Gasteiger partial charge on any atom is 0.246 e. The van der Waals surface area contributed by atoms with Crippen LogP contribution < -0.4 is 4.72 Å². The summed E-state index contributed by atoms with van der Waals surface area (Å²) in [6.07, 6.45) is 1.58. The Balaban J connectivity index is 2.31. The molecule has 0 spiro atoms. The number of aromatic nitrogens is 4. The lowest BCUT2D eigenvalue weighted by Crippen LogP contribution is -2.29.